The molecule has 0 heteroatoms. The molecular formula is C26H48. The number of hydrogen-bond acceptors (Lipinski definition) is 0. The van der Waals surface area contributed by atoms with Crippen molar-refractivity contribution < 1.29 is 0 Å². The molecule has 1 fully saturated rings. The van der Waals surface area contributed by atoms with E-state index in [1.54, 1.807) is 11.1 Å². The summed E-state index contributed by atoms with van der Waals surface area (Å²) in [4.78, 5) is 0. The van der Waals surface area contributed by atoms with Crippen molar-refractivity contribution in [2.45, 2.75) is 111 Å². The Bertz CT molecular complexity index is 604. The van der Waals surface area contributed by atoms with E-state index < -0.39 is 0 Å². The molecule has 26 heavy (non-hydrogen) atoms. The van der Waals surface area contributed by atoms with Crippen LogP contribution in [0.1, 0.15) is 111 Å². The first-order valence-corrected chi connectivity index (χ1v) is 10.8. The van der Waals surface area contributed by atoms with Crippen molar-refractivity contribution in [1.82, 2.24) is 0 Å². The maximum atomic E-state index is 2.59. The van der Waals surface area contributed by atoms with Gasteiger partial charge in [0.25, 0.3) is 0 Å². The standard InChI is InChI=1S/C26H48/c1-17-18(2)26(16)22(9,10)20(5,6)19(3,4)21(7,8)25(17,15)23(11,12)24(26,13)14/h1-16H3. The summed E-state index contributed by atoms with van der Waals surface area (Å²) in [5.41, 5.74) is 4.54. The fraction of sp³-hybridized carbons (Fsp3) is 0.923. The largest absolute Gasteiger partial charge is 0.0668 e. The van der Waals surface area contributed by atoms with Gasteiger partial charge in [0.2, 0.25) is 0 Å². The molecule has 0 amide bonds. The summed E-state index contributed by atoms with van der Waals surface area (Å²) in [5, 5.41) is 0. The number of fused-ring (bicyclic) bond motifs is 4. The third-order valence-electron chi connectivity index (χ3n) is 13.3. The van der Waals surface area contributed by atoms with Crippen molar-refractivity contribution in [1.29, 1.82) is 0 Å². The zero-order chi connectivity index (χ0) is 21.2. The monoisotopic (exact) mass is 360 g/mol. The average Bonchev–Trinajstić information content (AvgIpc) is 2.48. The van der Waals surface area contributed by atoms with Crippen molar-refractivity contribution in [2.75, 3.05) is 0 Å². The Labute approximate surface area is 165 Å². The van der Waals surface area contributed by atoms with Crippen LogP contribution in [0.25, 0.3) is 0 Å². The average molecular weight is 361 g/mol. The molecule has 3 aliphatic carbocycles. The summed E-state index contributed by atoms with van der Waals surface area (Å²) < 4.78 is 0. The topological polar surface area (TPSA) is 0 Å². The highest BCUT2D eigenvalue weighted by Crippen LogP contribution is 2.84. The predicted octanol–water partition coefficient (Wildman–Crippen LogP) is 8.52. The van der Waals surface area contributed by atoms with Crippen LogP contribution in [0.2, 0.25) is 0 Å². The maximum Gasteiger partial charge on any atom is -0.000345 e. The Kier molecular flexibility index (Phi) is 4.09. The van der Waals surface area contributed by atoms with E-state index in [-0.39, 0.29) is 43.3 Å². The molecule has 2 bridgehead atoms. The van der Waals surface area contributed by atoms with Crippen LogP contribution in [0.15, 0.2) is 11.1 Å². The van der Waals surface area contributed by atoms with Crippen LogP contribution in [-0.4, -0.2) is 0 Å². The summed E-state index contributed by atoms with van der Waals surface area (Å²) >= 11 is 0. The van der Waals surface area contributed by atoms with Crippen LogP contribution in [0.3, 0.4) is 0 Å². The summed E-state index contributed by atoms with van der Waals surface area (Å²) in [6, 6.07) is 0. The molecule has 0 spiro atoms. The Hall–Kier alpha value is -0.260. The molecule has 152 valence electrons. The summed E-state index contributed by atoms with van der Waals surface area (Å²) in [5.74, 6) is 0. The van der Waals surface area contributed by atoms with Gasteiger partial charge in [-0.2, -0.15) is 0 Å². The van der Waals surface area contributed by atoms with E-state index in [0.29, 0.717) is 0 Å². The molecule has 0 heterocycles. The minimum Gasteiger partial charge on any atom is -0.0668 e. The fourth-order valence-corrected chi connectivity index (χ4v) is 8.25. The lowest BCUT2D eigenvalue weighted by atomic mass is 9.23. The van der Waals surface area contributed by atoms with Gasteiger partial charge in [0.1, 0.15) is 0 Å². The van der Waals surface area contributed by atoms with Gasteiger partial charge in [-0.05, 0) is 57.2 Å². The highest BCUT2D eigenvalue weighted by molar-refractivity contribution is 5.42. The zero-order valence-electron chi connectivity index (χ0n) is 21.0. The Morgan fingerprint density at radius 3 is 0.654 bits per heavy atom. The van der Waals surface area contributed by atoms with E-state index >= 15 is 0 Å². The molecule has 0 saturated heterocycles. The van der Waals surface area contributed by atoms with E-state index in [1.165, 1.54) is 0 Å². The second-order valence-corrected chi connectivity index (χ2v) is 13.2. The van der Waals surface area contributed by atoms with Gasteiger partial charge >= 0.3 is 0 Å². The Morgan fingerprint density at radius 2 is 0.462 bits per heavy atom. The van der Waals surface area contributed by atoms with E-state index in [2.05, 4.69) is 111 Å². The van der Waals surface area contributed by atoms with Crippen LogP contribution in [0.4, 0.5) is 0 Å². The number of rotatable bonds is 0. The normalized spacial score (nSPS) is 41.5. The molecular weight excluding hydrogens is 312 g/mol. The molecule has 3 aliphatic rings. The maximum absolute atomic E-state index is 2.59. The third kappa shape index (κ3) is 1.59. The summed E-state index contributed by atoms with van der Waals surface area (Å²) in [6.45, 7) is 40.8. The van der Waals surface area contributed by atoms with Gasteiger partial charge in [-0.25, -0.2) is 0 Å². The predicted molar refractivity (Wildman–Crippen MR) is 117 cm³/mol. The molecule has 0 aliphatic heterocycles. The van der Waals surface area contributed by atoms with Crippen LogP contribution in [-0.2, 0) is 0 Å². The molecule has 0 aromatic rings. The van der Waals surface area contributed by atoms with E-state index in [0.717, 1.165) is 0 Å². The smallest absolute Gasteiger partial charge is 0.000345 e. The molecule has 0 aromatic carbocycles. The first kappa shape index (κ1) is 22.0. The molecule has 0 radical (unpaired) electrons. The second-order valence-electron chi connectivity index (χ2n) is 13.2. The molecule has 3 rings (SSSR count). The van der Waals surface area contributed by atoms with Gasteiger partial charge in [0, 0.05) is 0 Å². The lowest BCUT2D eigenvalue weighted by Gasteiger charge is -2.80. The van der Waals surface area contributed by atoms with Crippen molar-refractivity contribution in [3.05, 3.63) is 11.1 Å². The van der Waals surface area contributed by atoms with Crippen molar-refractivity contribution in [2.24, 2.45) is 43.3 Å². The third-order valence-corrected chi connectivity index (χ3v) is 13.3. The Balaban J connectivity index is 3.27. The van der Waals surface area contributed by atoms with Crippen LogP contribution >= 0.6 is 0 Å². The molecule has 2 atom stereocenters. The molecule has 0 N–H and O–H groups in total. The van der Waals surface area contributed by atoms with Gasteiger partial charge in [0.15, 0.2) is 0 Å². The first-order chi connectivity index (χ1) is 11.1. The molecule has 1 saturated carbocycles. The van der Waals surface area contributed by atoms with Crippen molar-refractivity contribution >= 4 is 0 Å². The van der Waals surface area contributed by atoms with Gasteiger partial charge in [-0.15, -0.1) is 0 Å². The van der Waals surface area contributed by atoms with E-state index in [9.17, 15) is 0 Å². The van der Waals surface area contributed by atoms with Gasteiger partial charge in [0.05, 0.1) is 0 Å². The number of hydrogen-bond donors (Lipinski definition) is 0. The van der Waals surface area contributed by atoms with Crippen LogP contribution in [0, 0.1) is 43.3 Å². The zero-order valence-corrected chi connectivity index (χ0v) is 21.0. The van der Waals surface area contributed by atoms with E-state index in [1.807, 2.05) is 0 Å². The second kappa shape index (κ2) is 4.83. The van der Waals surface area contributed by atoms with Gasteiger partial charge < -0.3 is 0 Å². The van der Waals surface area contributed by atoms with Crippen molar-refractivity contribution in [3.8, 4) is 0 Å². The molecule has 0 nitrogen and oxygen atoms in total. The molecule has 2 unspecified atom stereocenters. The highest BCUT2D eigenvalue weighted by atomic mass is 14.8. The minimum absolute atomic E-state index is 0.129. The fourth-order valence-electron chi connectivity index (χ4n) is 8.25. The molecule has 0 aromatic heterocycles. The van der Waals surface area contributed by atoms with Crippen LogP contribution < -0.4 is 0 Å². The minimum atomic E-state index is 0.129. The highest BCUT2D eigenvalue weighted by Gasteiger charge is 2.77. The quantitative estimate of drug-likeness (QED) is 0.380. The lowest BCUT2D eigenvalue weighted by Crippen LogP contribution is -2.74. The SMILES string of the molecule is CC1=C(C)C2(C)C(C)(C)C(C)(C)C(C)(C)C(C)(C)C1(C)C(C)(C)C2(C)C. The first-order valence-electron chi connectivity index (χ1n) is 10.8. The number of allylic oxidation sites excluding steroid dienone is 2. The summed E-state index contributed by atoms with van der Waals surface area (Å²) in [6.07, 6.45) is 0. The van der Waals surface area contributed by atoms with E-state index in [4.69, 9.17) is 0 Å². The van der Waals surface area contributed by atoms with Crippen LogP contribution in [0.5, 0.6) is 0 Å². The van der Waals surface area contributed by atoms with Gasteiger partial charge in [-0.3, -0.25) is 0 Å². The van der Waals surface area contributed by atoms with Gasteiger partial charge in [-0.1, -0.05) is 108 Å². The Morgan fingerprint density at radius 1 is 0.308 bits per heavy atom. The van der Waals surface area contributed by atoms with Crippen molar-refractivity contribution in [3.63, 3.8) is 0 Å². The lowest BCUT2D eigenvalue weighted by molar-refractivity contribution is -0.284. The summed E-state index contributed by atoms with van der Waals surface area (Å²) in [7, 11) is 0.